The van der Waals surface area contributed by atoms with Gasteiger partial charge in [-0.1, -0.05) is 6.07 Å². The fourth-order valence-corrected chi connectivity index (χ4v) is 6.65. The van der Waals surface area contributed by atoms with Gasteiger partial charge in [0, 0.05) is 36.3 Å². The number of aliphatic hydroxyl groups is 3. The summed E-state index contributed by atoms with van der Waals surface area (Å²) in [6.45, 7) is 3.05. The number of rotatable bonds is 9. The van der Waals surface area contributed by atoms with Gasteiger partial charge in [-0.2, -0.15) is 4.98 Å². The molecule has 5 atom stereocenters. The topological polar surface area (TPSA) is 146 Å². The maximum Gasteiger partial charge on any atom is 0.573 e. The number of hydrogen-bond donors (Lipinski definition) is 5. The monoisotopic (exact) mass is 634 g/mol. The molecular weight excluding hydrogens is 604 g/mol. The van der Waals surface area contributed by atoms with E-state index >= 15 is 0 Å². The maximum atomic E-state index is 14.8. The van der Waals surface area contributed by atoms with Crippen molar-refractivity contribution < 1.29 is 37.6 Å². The minimum absolute atomic E-state index is 0.0609. The Kier molecular flexibility index (Phi) is 8.07. The van der Waals surface area contributed by atoms with Gasteiger partial charge in [0.25, 0.3) is 0 Å². The lowest BCUT2D eigenvalue weighted by Gasteiger charge is -2.22. The highest BCUT2D eigenvalue weighted by Crippen LogP contribution is 2.44. The standard InChI is InChI=1S/C29H30F4N6O4S/c1-12(17-6-5-16(10-18(17)30)43-29(31,32)33)35-28-36-13(2)21(26(39-28)37-19-9-15(11-40)24(41)25(19)42)27-38-23-20(44-27)7-8-34-22(23)14-3-4-14/h5-8,10,12,14-15,19,24-25,40-42H,3-4,9,11H2,1-2H3,(H2,35,36,37,39)/t12-,15+,19+,24+,25-/m0/s1. The van der Waals surface area contributed by atoms with E-state index in [2.05, 4.69) is 30.3 Å². The van der Waals surface area contributed by atoms with Crippen LogP contribution in [0.2, 0.25) is 0 Å². The summed E-state index contributed by atoms with van der Waals surface area (Å²) in [6, 6.07) is 3.34. The smallest absolute Gasteiger partial charge is 0.406 e. The lowest BCUT2D eigenvalue weighted by Crippen LogP contribution is -2.35. The van der Waals surface area contributed by atoms with Crippen LogP contribution in [0.1, 0.15) is 55.1 Å². The predicted octanol–water partition coefficient (Wildman–Crippen LogP) is 5.06. The number of ether oxygens (including phenoxy) is 1. The predicted molar refractivity (Wildman–Crippen MR) is 155 cm³/mol. The van der Waals surface area contributed by atoms with Crippen molar-refractivity contribution in [1.82, 2.24) is 19.9 Å². The molecule has 1 aromatic carbocycles. The van der Waals surface area contributed by atoms with E-state index in [1.807, 2.05) is 6.07 Å². The van der Waals surface area contributed by atoms with Gasteiger partial charge in [0.15, 0.2) is 0 Å². The van der Waals surface area contributed by atoms with Crippen LogP contribution in [0.3, 0.4) is 0 Å². The van der Waals surface area contributed by atoms with Crippen LogP contribution in [0.5, 0.6) is 5.75 Å². The Morgan fingerprint density at radius 3 is 2.55 bits per heavy atom. The molecule has 10 nitrogen and oxygen atoms in total. The van der Waals surface area contributed by atoms with Crippen molar-refractivity contribution >= 4 is 33.3 Å². The summed E-state index contributed by atoms with van der Waals surface area (Å²) in [4.78, 5) is 18.7. The number of pyridine rings is 1. The number of fused-ring (bicyclic) bond motifs is 1. The maximum absolute atomic E-state index is 14.8. The Morgan fingerprint density at radius 1 is 1.11 bits per heavy atom. The number of thiazole rings is 1. The van der Waals surface area contributed by atoms with Crippen LogP contribution in [0.25, 0.3) is 20.8 Å². The number of anilines is 2. The van der Waals surface area contributed by atoms with Crippen molar-refractivity contribution in [3.63, 3.8) is 0 Å². The third-order valence-electron chi connectivity index (χ3n) is 7.98. The third kappa shape index (κ3) is 6.14. The number of aromatic nitrogens is 4. The van der Waals surface area contributed by atoms with E-state index in [0.717, 1.165) is 34.8 Å². The van der Waals surface area contributed by atoms with Gasteiger partial charge in [0.2, 0.25) is 5.95 Å². The molecule has 2 saturated carbocycles. The molecule has 6 rings (SSSR count). The summed E-state index contributed by atoms with van der Waals surface area (Å²) in [6.07, 6.45) is -3.12. The molecule has 0 radical (unpaired) electrons. The molecule has 0 amide bonds. The average Bonchev–Trinajstić information content (AvgIpc) is 3.65. The Bertz CT molecular complexity index is 1680. The van der Waals surface area contributed by atoms with Gasteiger partial charge >= 0.3 is 6.36 Å². The molecule has 2 fully saturated rings. The van der Waals surface area contributed by atoms with Crippen molar-refractivity contribution in [2.24, 2.45) is 5.92 Å². The molecule has 2 aliphatic carbocycles. The Balaban J connectivity index is 1.35. The highest BCUT2D eigenvalue weighted by atomic mass is 32.1. The zero-order valence-electron chi connectivity index (χ0n) is 23.6. The molecule has 3 aromatic heterocycles. The molecule has 2 aliphatic rings. The van der Waals surface area contributed by atoms with Gasteiger partial charge < -0.3 is 30.7 Å². The molecule has 4 aromatic rings. The third-order valence-corrected chi connectivity index (χ3v) is 9.02. The van der Waals surface area contributed by atoms with Crippen LogP contribution in [0.15, 0.2) is 30.5 Å². The van der Waals surface area contributed by atoms with E-state index in [0.29, 0.717) is 34.1 Å². The number of nitrogens with one attached hydrogen (secondary N) is 2. The fourth-order valence-electron chi connectivity index (χ4n) is 5.59. The first-order valence-electron chi connectivity index (χ1n) is 14.1. The van der Waals surface area contributed by atoms with E-state index in [1.165, 1.54) is 17.4 Å². The number of hydrogen-bond acceptors (Lipinski definition) is 11. The Morgan fingerprint density at radius 2 is 1.89 bits per heavy atom. The SMILES string of the molecule is Cc1nc(N[C@@H](C)c2ccc(OC(F)(F)F)cc2F)nc(N[C@@H]2C[C@H](CO)[C@@H](O)[C@H]2O)c1-c1nc2c(C3CC3)nccc2s1. The molecule has 0 spiro atoms. The van der Waals surface area contributed by atoms with E-state index in [-0.39, 0.29) is 24.5 Å². The first kappa shape index (κ1) is 30.4. The molecule has 0 bridgehead atoms. The second kappa shape index (κ2) is 11.7. The van der Waals surface area contributed by atoms with Gasteiger partial charge in [-0.15, -0.1) is 24.5 Å². The number of nitrogens with zero attached hydrogens (tertiary/aromatic N) is 4. The van der Waals surface area contributed by atoms with E-state index in [9.17, 15) is 32.9 Å². The van der Waals surface area contributed by atoms with Gasteiger partial charge in [0.05, 0.1) is 39.8 Å². The van der Waals surface area contributed by atoms with Crippen LogP contribution < -0.4 is 15.4 Å². The van der Waals surface area contributed by atoms with Gasteiger partial charge in [-0.05, 0) is 45.2 Å². The molecule has 15 heteroatoms. The van der Waals surface area contributed by atoms with Crippen molar-refractivity contribution in [2.45, 2.75) is 69.7 Å². The summed E-state index contributed by atoms with van der Waals surface area (Å²) in [5, 5.41) is 37.7. The summed E-state index contributed by atoms with van der Waals surface area (Å²) in [5.74, 6) is -1.36. The molecule has 5 N–H and O–H groups in total. The number of benzene rings is 1. The fraction of sp³-hybridized carbons (Fsp3) is 0.448. The minimum Gasteiger partial charge on any atom is -0.406 e. The largest absolute Gasteiger partial charge is 0.573 e. The minimum atomic E-state index is -4.95. The number of halogens is 4. The van der Waals surface area contributed by atoms with Crippen molar-refractivity contribution in [3.05, 3.63) is 53.2 Å². The van der Waals surface area contributed by atoms with Gasteiger partial charge in [0.1, 0.15) is 34.0 Å². The lowest BCUT2D eigenvalue weighted by atomic mass is 10.1. The van der Waals surface area contributed by atoms with Crippen molar-refractivity contribution in [3.8, 4) is 16.3 Å². The van der Waals surface area contributed by atoms with E-state index < -0.39 is 48.1 Å². The van der Waals surface area contributed by atoms with E-state index in [1.54, 1.807) is 20.0 Å². The van der Waals surface area contributed by atoms with Crippen LogP contribution in [0, 0.1) is 18.7 Å². The molecule has 0 aliphatic heterocycles. The second-order valence-corrected chi connectivity index (χ2v) is 12.2. The van der Waals surface area contributed by atoms with Crippen LogP contribution >= 0.6 is 11.3 Å². The zero-order valence-corrected chi connectivity index (χ0v) is 24.5. The molecule has 3 heterocycles. The summed E-state index contributed by atoms with van der Waals surface area (Å²) in [7, 11) is 0. The first-order valence-corrected chi connectivity index (χ1v) is 14.9. The number of aryl methyl sites for hydroxylation is 1. The quantitative estimate of drug-likeness (QED) is 0.159. The first-order chi connectivity index (χ1) is 20.9. The van der Waals surface area contributed by atoms with Gasteiger partial charge in [-0.3, -0.25) is 4.98 Å². The van der Waals surface area contributed by atoms with E-state index in [4.69, 9.17) is 4.98 Å². The summed E-state index contributed by atoms with van der Waals surface area (Å²) >= 11 is 1.44. The van der Waals surface area contributed by atoms with Crippen LogP contribution in [-0.4, -0.2) is 66.5 Å². The van der Waals surface area contributed by atoms with Crippen LogP contribution in [0.4, 0.5) is 29.3 Å². The van der Waals surface area contributed by atoms with Crippen molar-refractivity contribution in [2.75, 3.05) is 17.2 Å². The molecular formula is C29H30F4N6O4S. The summed E-state index contributed by atoms with van der Waals surface area (Å²) in [5.41, 5.74) is 2.89. The average molecular weight is 635 g/mol. The van der Waals surface area contributed by atoms with Gasteiger partial charge in [-0.25, -0.2) is 14.4 Å². The number of aliphatic hydroxyl groups excluding tert-OH is 3. The lowest BCUT2D eigenvalue weighted by molar-refractivity contribution is -0.274. The Labute approximate surface area is 253 Å². The van der Waals surface area contributed by atoms with Crippen LogP contribution in [-0.2, 0) is 0 Å². The normalized spacial score (nSPS) is 22.8. The second-order valence-electron chi connectivity index (χ2n) is 11.2. The highest BCUT2D eigenvalue weighted by Gasteiger charge is 2.42. The summed E-state index contributed by atoms with van der Waals surface area (Å²) < 4.78 is 57.3. The zero-order chi connectivity index (χ0) is 31.3. The molecule has 0 saturated heterocycles. The Hall–Kier alpha value is -3.66. The molecule has 44 heavy (non-hydrogen) atoms. The van der Waals surface area contributed by atoms with Crippen molar-refractivity contribution in [1.29, 1.82) is 0 Å². The number of alkyl halides is 3. The molecule has 234 valence electrons. The molecule has 0 unspecified atom stereocenters. The highest BCUT2D eigenvalue weighted by molar-refractivity contribution is 7.21.